The second-order valence-corrected chi connectivity index (χ2v) is 9.41. The molecule has 3 aromatic rings. The van der Waals surface area contributed by atoms with Crippen LogP contribution in [0.5, 0.6) is 0 Å². The van der Waals surface area contributed by atoms with E-state index >= 15 is 0 Å². The lowest BCUT2D eigenvalue weighted by Crippen LogP contribution is -2.37. The number of nitrogens with zero attached hydrogens (tertiary/aromatic N) is 1. The van der Waals surface area contributed by atoms with Crippen LogP contribution < -0.4 is 5.32 Å². The average Bonchev–Trinajstić information content (AvgIpc) is 3.33. The molecule has 1 aliphatic rings. The van der Waals surface area contributed by atoms with Crippen molar-refractivity contribution in [1.82, 2.24) is 15.2 Å². The van der Waals surface area contributed by atoms with Gasteiger partial charge in [-0.05, 0) is 61.1 Å². The van der Waals surface area contributed by atoms with E-state index in [1.165, 1.54) is 12.7 Å². The number of amides is 1. The zero-order valence-electron chi connectivity index (χ0n) is 20.1. The average molecular weight is 448 g/mol. The quantitative estimate of drug-likeness (QED) is 0.548. The molecule has 4 rings (SSSR count). The van der Waals surface area contributed by atoms with E-state index in [0.29, 0.717) is 31.0 Å². The fourth-order valence-electron chi connectivity index (χ4n) is 4.68. The number of benzene rings is 2. The number of aryl methyl sites for hydroxylation is 2. The van der Waals surface area contributed by atoms with Crippen LogP contribution in [0.25, 0.3) is 10.9 Å². The Balaban J connectivity index is 1.47. The molecule has 1 aliphatic heterocycles. The van der Waals surface area contributed by atoms with E-state index in [1.54, 1.807) is 0 Å². The minimum absolute atomic E-state index is 0.119. The minimum Gasteiger partial charge on any atom is -0.468 e. The molecule has 33 heavy (non-hydrogen) atoms. The number of hydrogen-bond acceptors (Lipinski definition) is 4. The van der Waals surface area contributed by atoms with Crippen LogP contribution in [0, 0.1) is 13.8 Å². The van der Waals surface area contributed by atoms with Gasteiger partial charge < -0.3 is 15.0 Å². The van der Waals surface area contributed by atoms with Gasteiger partial charge in [0.05, 0.1) is 7.11 Å². The van der Waals surface area contributed by atoms with E-state index in [2.05, 4.69) is 60.2 Å². The molecule has 0 unspecified atom stereocenters. The van der Waals surface area contributed by atoms with Gasteiger partial charge in [0, 0.05) is 41.3 Å². The lowest BCUT2D eigenvalue weighted by atomic mass is 10.0. The predicted molar refractivity (Wildman–Crippen MR) is 130 cm³/mol. The summed E-state index contributed by atoms with van der Waals surface area (Å²) in [5.41, 5.74) is 6.35. The molecule has 0 spiro atoms. The molecule has 6 heteroatoms. The number of methoxy groups -OCH3 is 1. The number of fused-ring (bicyclic) bond motifs is 1. The van der Waals surface area contributed by atoms with E-state index in [1.807, 2.05) is 25.1 Å². The molecule has 2 N–H and O–H groups in total. The van der Waals surface area contributed by atoms with Gasteiger partial charge in [-0.3, -0.25) is 14.5 Å². The first kappa shape index (κ1) is 23.1. The smallest absolute Gasteiger partial charge is 0.323 e. The highest BCUT2D eigenvalue weighted by atomic mass is 16.5. The van der Waals surface area contributed by atoms with Gasteiger partial charge in [-0.25, -0.2) is 0 Å². The van der Waals surface area contributed by atoms with Gasteiger partial charge in [0.2, 0.25) is 0 Å². The summed E-state index contributed by atoms with van der Waals surface area (Å²) in [6.45, 7) is 9.67. The highest BCUT2D eigenvalue weighted by Gasteiger charge is 2.38. The molecule has 1 aromatic heterocycles. The summed E-state index contributed by atoms with van der Waals surface area (Å²) in [4.78, 5) is 30.9. The molecule has 174 valence electrons. The molecule has 1 saturated heterocycles. The van der Waals surface area contributed by atoms with E-state index in [9.17, 15) is 9.59 Å². The predicted octanol–water partition coefficient (Wildman–Crippen LogP) is 4.45. The second-order valence-electron chi connectivity index (χ2n) is 9.41. The summed E-state index contributed by atoms with van der Waals surface area (Å²) in [6, 6.07) is 13.7. The number of rotatable bonds is 6. The molecule has 1 fully saturated rings. The van der Waals surface area contributed by atoms with Crippen molar-refractivity contribution in [1.29, 1.82) is 0 Å². The monoisotopic (exact) mass is 447 g/mol. The van der Waals surface area contributed by atoms with Gasteiger partial charge >= 0.3 is 5.97 Å². The fourth-order valence-corrected chi connectivity index (χ4v) is 4.68. The Hall–Kier alpha value is -3.12. The Bertz CT molecular complexity index is 1160. The zero-order chi connectivity index (χ0) is 23.7. The molecule has 2 aromatic carbocycles. The van der Waals surface area contributed by atoms with Gasteiger partial charge in [-0.15, -0.1) is 0 Å². The maximum absolute atomic E-state index is 13.0. The maximum Gasteiger partial charge on any atom is 0.323 e. The van der Waals surface area contributed by atoms with E-state index in [0.717, 1.165) is 27.7 Å². The number of esters is 1. The van der Waals surface area contributed by atoms with Gasteiger partial charge in [0.1, 0.15) is 6.04 Å². The van der Waals surface area contributed by atoms with Crippen molar-refractivity contribution in [2.75, 3.05) is 13.7 Å². The molecule has 0 radical (unpaired) electrons. The molecular weight excluding hydrogens is 414 g/mol. The normalized spacial score (nSPS) is 18.7. The standard InChI is InChI=1S/C27H33N3O3/c1-16(2)20-8-6-19(7-9-20)14-30-15-22(13-25(30)27(32)33-5)29-26(31)21-10-11-24-23(12-21)17(3)18(4)28-24/h6-12,16,22,25,28H,13-15H2,1-5H3,(H,29,31)/t22-,25+/m1/s1. The summed E-state index contributed by atoms with van der Waals surface area (Å²) in [5.74, 6) is 0.101. The van der Waals surface area contributed by atoms with Crippen molar-refractivity contribution >= 4 is 22.8 Å². The SMILES string of the molecule is COC(=O)[C@@H]1C[C@@H](NC(=O)c2ccc3[nH]c(C)c(C)c3c2)CN1Cc1ccc(C(C)C)cc1. The van der Waals surface area contributed by atoms with Gasteiger partial charge in [-0.2, -0.15) is 0 Å². The molecular formula is C27H33N3O3. The fraction of sp³-hybridized carbons (Fsp3) is 0.407. The van der Waals surface area contributed by atoms with Crippen LogP contribution in [-0.2, 0) is 16.1 Å². The van der Waals surface area contributed by atoms with E-state index < -0.39 is 0 Å². The largest absolute Gasteiger partial charge is 0.468 e. The van der Waals surface area contributed by atoms with Crippen LogP contribution in [-0.4, -0.2) is 47.5 Å². The molecule has 0 bridgehead atoms. The Kier molecular flexibility index (Phi) is 6.56. The third-order valence-electron chi connectivity index (χ3n) is 6.81. The summed E-state index contributed by atoms with van der Waals surface area (Å²) in [7, 11) is 1.42. The summed E-state index contributed by atoms with van der Waals surface area (Å²) in [5, 5.41) is 4.20. The topological polar surface area (TPSA) is 74.4 Å². The number of ether oxygens (including phenoxy) is 1. The first-order valence-corrected chi connectivity index (χ1v) is 11.6. The summed E-state index contributed by atoms with van der Waals surface area (Å²) >= 11 is 0. The first-order valence-electron chi connectivity index (χ1n) is 11.6. The van der Waals surface area contributed by atoms with Gasteiger partial charge in [0.15, 0.2) is 0 Å². The highest BCUT2D eigenvalue weighted by Crippen LogP contribution is 2.25. The number of aromatic amines is 1. The number of carbonyl (C=O) groups excluding carboxylic acids is 2. The van der Waals surface area contributed by atoms with E-state index in [4.69, 9.17) is 4.74 Å². The zero-order valence-corrected chi connectivity index (χ0v) is 20.1. The lowest BCUT2D eigenvalue weighted by Gasteiger charge is -2.22. The lowest BCUT2D eigenvalue weighted by molar-refractivity contribution is -0.146. The van der Waals surface area contributed by atoms with Crippen LogP contribution in [0.4, 0.5) is 0 Å². The van der Waals surface area contributed by atoms with Gasteiger partial charge in [0.25, 0.3) is 5.91 Å². The number of likely N-dealkylation sites (tertiary alicyclic amines) is 1. The summed E-state index contributed by atoms with van der Waals surface area (Å²) in [6.07, 6.45) is 0.535. The second kappa shape index (κ2) is 9.40. The molecule has 0 aliphatic carbocycles. The van der Waals surface area contributed by atoms with Crippen molar-refractivity contribution in [2.45, 2.75) is 58.7 Å². The van der Waals surface area contributed by atoms with Crippen molar-refractivity contribution < 1.29 is 14.3 Å². The van der Waals surface area contributed by atoms with Crippen LogP contribution in [0.2, 0.25) is 0 Å². The van der Waals surface area contributed by atoms with Crippen LogP contribution >= 0.6 is 0 Å². The first-order chi connectivity index (χ1) is 15.8. The van der Waals surface area contributed by atoms with Crippen molar-refractivity contribution in [3.63, 3.8) is 0 Å². The number of nitrogens with one attached hydrogen (secondary N) is 2. The number of hydrogen-bond donors (Lipinski definition) is 2. The maximum atomic E-state index is 13.0. The van der Waals surface area contributed by atoms with Crippen LogP contribution in [0.15, 0.2) is 42.5 Å². The van der Waals surface area contributed by atoms with Gasteiger partial charge in [-0.1, -0.05) is 38.1 Å². The number of H-pyrrole nitrogens is 1. The number of aromatic nitrogens is 1. The Morgan fingerprint density at radius 3 is 2.55 bits per heavy atom. The Morgan fingerprint density at radius 1 is 1.15 bits per heavy atom. The van der Waals surface area contributed by atoms with Crippen LogP contribution in [0.3, 0.4) is 0 Å². The molecule has 0 saturated carbocycles. The molecule has 1 amide bonds. The van der Waals surface area contributed by atoms with Crippen molar-refractivity contribution in [3.8, 4) is 0 Å². The highest BCUT2D eigenvalue weighted by molar-refractivity contribution is 5.99. The molecule has 2 heterocycles. The van der Waals surface area contributed by atoms with Crippen LogP contribution in [0.1, 0.15) is 58.9 Å². The minimum atomic E-state index is -0.373. The number of carbonyl (C=O) groups is 2. The van der Waals surface area contributed by atoms with Crippen molar-refractivity contribution in [2.24, 2.45) is 0 Å². The Morgan fingerprint density at radius 2 is 1.88 bits per heavy atom. The van der Waals surface area contributed by atoms with E-state index in [-0.39, 0.29) is 24.0 Å². The third kappa shape index (κ3) is 4.81. The molecule has 6 nitrogen and oxygen atoms in total. The third-order valence-corrected chi connectivity index (χ3v) is 6.81. The Labute approximate surface area is 195 Å². The van der Waals surface area contributed by atoms with Crippen molar-refractivity contribution in [3.05, 3.63) is 70.4 Å². The molecule has 2 atom stereocenters. The summed E-state index contributed by atoms with van der Waals surface area (Å²) < 4.78 is 5.06.